The number of piperidine rings is 6. The molecule has 8 aliphatic rings. The molecule has 6 fully saturated rings. The third-order valence-electron chi connectivity index (χ3n) is 10.4. The summed E-state index contributed by atoms with van der Waals surface area (Å²) in [7, 11) is 0. The molecule has 4 aromatic rings. The molecule has 46 heavy (non-hydrogen) atoms. The van der Waals surface area contributed by atoms with Gasteiger partial charge in [0.25, 0.3) is 0 Å². The molecule has 12 rings (SSSR count). The van der Waals surface area contributed by atoms with Crippen LogP contribution in [0.15, 0.2) is 58.5 Å². The maximum absolute atomic E-state index is 9.26. The molecule has 0 amide bonds. The van der Waals surface area contributed by atoms with Gasteiger partial charge in [-0.2, -0.15) is 10.5 Å². The maximum atomic E-state index is 9.26. The van der Waals surface area contributed by atoms with Crippen molar-refractivity contribution in [2.24, 2.45) is 21.8 Å². The van der Waals surface area contributed by atoms with E-state index in [1.807, 2.05) is 36.4 Å². The van der Waals surface area contributed by atoms with Gasteiger partial charge in [0, 0.05) is 11.8 Å². The Morgan fingerprint density at radius 2 is 1.13 bits per heavy atom. The monoisotopic (exact) mass is 648 g/mol. The number of benzene rings is 2. The third-order valence-corrected chi connectivity index (χ3v) is 12.8. The quantitative estimate of drug-likeness (QED) is 0.313. The predicted molar refractivity (Wildman–Crippen MR) is 178 cm³/mol. The number of aliphatic imine (C=N–C) groups is 2. The molecular formula is C34H32N8O2S2. The summed E-state index contributed by atoms with van der Waals surface area (Å²) in [5.41, 5.74) is 6.74. The van der Waals surface area contributed by atoms with Gasteiger partial charge in [0.1, 0.15) is 12.1 Å². The molecule has 2 aromatic carbocycles. The second-order valence-corrected chi connectivity index (χ2v) is 15.1. The number of fused-ring (bicyclic) bond motifs is 6. The second-order valence-electron chi connectivity index (χ2n) is 13.0. The van der Waals surface area contributed by atoms with Crippen molar-refractivity contribution in [1.82, 2.24) is 20.8 Å². The van der Waals surface area contributed by atoms with Crippen LogP contribution in [0, 0.1) is 34.5 Å². The highest BCUT2D eigenvalue weighted by Crippen LogP contribution is 2.43. The number of nitrogens with zero attached hydrogens (tertiary/aromatic N) is 6. The molecule has 0 aliphatic carbocycles. The first kappa shape index (κ1) is 28.4. The van der Waals surface area contributed by atoms with Crippen molar-refractivity contribution in [3.8, 4) is 12.1 Å². The second kappa shape index (κ2) is 10.8. The van der Waals surface area contributed by atoms with Crippen LogP contribution in [0.4, 0.5) is 0 Å². The number of rotatable bonds is 2. The van der Waals surface area contributed by atoms with Crippen molar-refractivity contribution in [2.45, 2.75) is 37.1 Å². The van der Waals surface area contributed by atoms with E-state index in [1.54, 1.807) is 22.7 Å². The Bertz CT molecular complexity index is 1860. The van der Waals surface area contributed by atoms with Gasteiger partial charge < -0.3 is 0 Å². The lowest BCUT2D eigenvalue weighted by atomic mass is 9.81. The van der Waals surface area contributed by atoms with Gasteiger partial charge in [-0.25, -0.2) is 30.6 Å². The van der Waals surface area contributed by atoms with Crippen molar-refractivity contribution in [3.63, 3.8) is 0 Å². The Hall–Kier alpha value is -3.88. The lowest BCUT2D eigenvalue weighted by molar-refractivity contribution is -0.155. The molecule has 2 N–H and O–H groups in total. The van der Waals surface area contributed by atoms with Crippen LogP contribution in [-0.2, 0) is 9.68 Å². The third kappa shape index (κ3) is 4.55. The maximum Gasteiger partial charge on any atom is 0.202 e. The van der Waals surface area contributed by atoms with Gasteiger partial charge in [-0.05, 0) is 86.9 Å². The van der Waals surface area contributed by atoms with Crippen molar-refractivity contribution in [1.29, 1.82) is 10.5 Å². The molecule has 4 bridgehead atoms. The van der Waals surface area contributed by atoms with Crippen molar-refractivity contribution in [3.05, 3.63) is 69.4 Å². The van der Waals surface area contributed by atoms with E-state index in [2.05, 4.69) is 45.0 Å². The Morgan fingerprint density at radius 3 is 1.50 bits per heavy atom. The van der Waals surface area contributed by atoms with E-state index in [1.165, 1.54) is 0 Å². The van der Waals surface area contributed by atoms with Crippen LogP contribution in [0.2, 0.25) is 0 Å². The highest BCUT2D eigenvalue weighted by atomic mass is 32.1. The number of nitrogens with one attached hydrogen (secondary N) is 2. The first-order valence-electron chi connectivity index (χ1n) is 15.9. The summed E-state index contributed by atoms with van der Waals surface area (Å²) in [5, 5.41) is 20.7. The first-order chi connectivity index (χ1) is 22.5. The Kier molecular flexibility index (Phi) is 6.68. The molecule has 2 unspecified atom stereocenters. The number of nitriles is 2. The molecule has 2 atom stereocenters. The molecule has 8 aliphatic heterocycles. The average molecular weight is 649 g/mol. The van der Waals surface area contributed by atoms with Crippen LogP contribution >= 0.6 is 22.7 Å². The van der Waals surface area contributed by atoms with E-state index in [9.17, 15) is 10.5 Å². The van der Waals surface area contributed by atoms with Crippen LogP contribution in [0.25, 0.3) is 20.2 Å². The molecular weight excluding hydrogens is 617 g/mol. The van der Waals surface area contributed by atoms with Crippen LogP contribution in [0.3, 0.4) is 0 Å². The average Bonchev–Trinajstić information content (AvgIpc) is 3.91. The van der Waals surface area contributed by atoms with E-state index in [4.69, 9.17) is 19.7 Å². The van der Waals surface area contributed by atoms with Gasteiger partial charge in [0.05, 0.1) is 43.4 Å². The molecule has 2 spiro atoms. The summed E-state index contributed by atoms with van der Waals surface area (Å²) in [6, 6.07) is 20.4. The zero-order chi connectivity index (χ0) is 30.9. The molecule has 12 heteroatoms. The molecule has 0 saturated carbocycles. The van der Waals surface area contributed by atoms with Crippen LogP contribution < -0.4 is 11.0 Å². The van der Waals surface area contributed by atoms with Gasteiger partial charge in [-0.15, -0.1) is 22.7 Å². The zero-order valence-corrected chi connectivity index (χ0v) is 26.8. The highest BCUT2D eigenvalue weighted by molar-refractivity contribution is 7.21. The van der Waals surface area contributed by atoms with Gasteiger partial charge in [0.2, 0.25) is 11.4 Å². The minimum atomic E-state index is -0.417. The first-order valence-corrected chi connectivity index (χ1v) is 17.6. The SMILES string of the molecule is N#Cc1cccc2cc(C3=NC4(CN5CCC4CC5)ON3)sc12.N#Cc1cccc2cc(C3=NC4(CN5CCC4CC5)ON3)sc12. The Labute approximate surface area is 274 Å². The number of thiophene rings is 2. The van der Waals surface area contributed by atoms with E-state index in [0.29, 0.717) is 11.8 Å². The summed E-state index contributed by atoms with van der Waals surface area (Å²) >= 11 is 3.21. The van der Waals surface area contributed by atoms with Crippen LogP contribution in [0.1, 0.15) is 46.6 Å². The molecule has 2 aromatic heterocycles. The fourth-order valence-corrected chi connectivity index (χ4v) is 10.1. The van der Waals surface area contributed by atoms with Gasteiger partial charge in [-0.3, -0.25) is 9.80 Å². The summed E-state index contributed by atoms with van der Waals surface area (Å²) < 4.78 is 2.04. The van der Waals surface area contributed by atoms with E-state index >= 15 is 0 Å². The predicted octanol–water partition coefficient (Wildman–Crippen LogP) is 4.95. The smallest absolute Gasteiger partial charge is 0.202 e. The largest absolute Gasteiger partial charge is 0.298 e. The minimum absolute atomic E-state index is 0.417. The van der Waals surface area contributed by atoms with E-state index in [0.717, 1.165) is 118 Å². The Morgan fingerprint density at radius 1 is 0.696 bits per heavy atom. The van der Waals surface area contributed by atoms with E-state index in [-0.39, 0.29) is 0 Å². The van der Waals surface area contributed by atoms with Crippen LogP contribution in [-0.4, -0.2) is 72.2 Å². The van der Waals surface area contributed by atoms with Crippen LogP contribution in [0.5, 0.6) is 0 Å². The number of hydroxylamine groups is 2. The Balaban J connectivity index is 0.000000127. The number of hydrogen-bond acceptors (Lipinski definition) is 12. The van der Waals surface area contributed by atoms with Crippen molar-refractivity contribution < 1.29 is 9.68 Å². The number of amidine groups is 2. The normalized spacial score (nSPS) is 32.0. The standard InChI is InChI=1S/2C17H16N4OS/c2*18-9-12-3-1-2-11-8-14(23-15(11)12)16-19-17(22-20-16)10-21-6-4-13(17)5-7-21/h2*1-3,8,13H,4-7,10H2,(H,19,20). The highest BCUT2D eigenvalue weighted by Gasteiger charge is 2.52. The molecule has 0 radical (unpaired) electrons. The summed E-state index contributed by atoms with van der Waals surface area (Å²) in [4.78, 5) is 28.8. The number of hydrogen-bond donors (Lipinski definition) is 2. The molecule has 232 valence electrons. The lowest BCUT2D eigenvalue weighted by Gasteiger charge is -2.47. The molecule has 6 saturated heterocycles. The minimum Gasteiger partial charge on any atom is -0.298 e. The fraction of sp³-hybridized carbons (Fsp3) is 0.412. The van der Waals surface area contributed by atoms with E-state index < -0.39 is 11.4 Å². The van der Waals surface area contributed by atoms with Gasteiger partial charge >= 0.3 is 0 Å². The van der Waals surface area contributed by atoms with Crippen molar-refractivity contribution in [2.75, 3.05) is 39.3 Å². The van der Waals surface area contributed by atoms with Crippen molar-refractivity contribution >= 4 is 54.5 Å². The topological polar surface area (TPSA) is 121 Å². The lowest BCUT2D eigenvalue weighted by Crippen LogP contribution is -2.58. The fourth-order valence-electron chi connectivity index (χ4n) is 7.96. The summed E-state index contributed by atoms with van der Waals surface area (Å²) in [6.07, 6.45) is 4.62. The zero-order valence-electron chi connectivity index (χ0n) is 25.2. The molecule has 10 heterocycles. The molecule has 10 nitrogen and oxygen atoms in total. The summed E-state index contributed by atoms with van der Waals surface area (Å²) in [6.45, 7) is 6.40. The van der Waals surface area contributed by atoms with Gasteiger partial charge in [0.15, 0.2) is 11.7 Å². The van der Waals surface area contributed by atoms with Gasteiger partial charge in [-0.1, -0.05) is 24.3 Å². The summed E-state index contributed by atoms with van der Waals surface area (Å²) in [5.74, 6) is 2.62.